The molecule has 0 aliphatic heterocycles. The Hall–Kier alpha value is -3.19. The summed E-state index contributed by atoms with van der Waals surface area (Å²) in [4.78, 5) is 13.5. The number of quaternary nitrogens is 1. The fourth-order valence-corrected chi connectivity index (χ4v) is 3.15. The zero-order chi connectivity index (χ0) is 20.8. The summed E-state index contributed by atoms with van der Waals surface area (Å²) in [5, 5.41) is 11.3. The SMILES string of the molecule is CC[NH+](CC(=O)Nc1ccc(OC)cc1)[C@@H](C)c1nnc(-c2cccc(C)c2)o1. The van der Waals surface area contributed by atoms with E-state index in [1.54, 1.807) is 7.11 Å². The molecule has 1 heterocycles. The summed E-state index contributed by atoms with van der Waals surface area (Å²) >= 11 is 0. The number of hydrogen-bond donors (Lipinski definition) is 2. The van der Waals surface area contributed by atoms with Crippen molar-refractivity contribution in [1.82, 2.24) is 10.2 Å². The number of nitrogens with one attached hydrogen (secondary N) is 2. The van der Waals surface area contributed by atoms with Gasteiger partial charge in [-0.15, -0.1) is 10.2 Å². The minimum atomic E-state index is -0.104. The van der Waals surface area contributed by atoms with Crippen molar-refractivity contribution in [2.75, 3.05) is 25.5 Å². The van der Waals surface area contributed by atoms with Crippen molar-refractivity contribution in [1.29, 1.82) is 0 Å². The fraction of sp³-hybridized carbons (Fsp3) is 0.318. The lowest BCUT2D eigenvalue weighted by molar-refractivity contribution is -0.921. The van der Waals surface area contributed by atoms with E-state index in [1.165, 1.54) is 0 Å². The maximum absolute atomic E-state index is 12.5. The molecule has 0 aliphatic rings. The van der Waals surface area contributed by atoms with Gasteiger partial charge in [-0.05, 0) is 57.2 Å². The first kappa shape index (κ1) is 20.5. The summed E-state index contributed by atoms with van der Waals surface area (Å²) in [6, 6.07) is 15.1. The van der Waals surface area contributed by atoms with E-state index < -0.39 is 0 Å². The van der Waals surface area contributed by atoms with Gasteiger partial charge in [0, 0.05) is 11.3 Å². The van der Waals surface area contributed by atoms with E-state index in [0.29, 0.717) is 18.3 Å². The molecular formula is C22H27N4O3+. The predicted octanol–water partition coefficient (Wildman–Crippen LogP) is 2.66. The Kier molecular flexibility index (Phi) is 6.61. The number of ether oxygens (including phenoxy) is 1. The van der Waals surface area contributed by atoms with Crippen molar-refractivity contribution in [3.05, 3.63) is 60.0 Å². The van der Waals surface area contributed by atoms with Gasteiger partial charge in [0.1, 0.15) is 5.75 Å². The Morgan fingerprint density at radius 3 is 2.62 bits per heavy atom. The molecule has 3 aromatic rings. The molecule has 2 N–H and O–H groups in total. The van der Waals surface area contributed by atoms with E-state index in [4.69, 9.17) is 9.15 Å². The van der Waals surface area contributed by atoms with Crippen molar-refractivity contribution in [2.45, 2.75) is 26.8 Å². The molecule has 3 rings (SSSR count). The van der Waals surface area contributed by atoms with Gasteiger partial charge in [-0.25, -0.2) is 0 Å². The van der Waals surface area contributed by atoms with Crippen LogP contribution in [0.5, 0.6) is 5.75 Å². The number of nitrogens with zero attached hydrogens (tertiary/aromatic N) is 2. The Labute approximate surface area is 170 Å². The smallest absolute Gasteiger partial charge is 0.279 e. The van der Waals surface area contributed by atoms with Gasteiger partial charge in [-0.3, -0.25) is 4.79 Å². The van der Waals surface area contributed by atoms with E-state index in [9.17, 15) is 4.79 Å². The number of aryl methyl sites for hydroxylation is 1. The Morgan fingerprint density at radius 1 is 1.21 bits per heavy atom. The number of carbonyl (C=O) groups excluding carboxylic acids is 1. The van der Waals surface area contributed by atoms with Crippen LogP contribution in [0.15, 0.2) is 52.9 Å². The van der Waals surface area contributed by atoms with Gasteiger partial charge in [-0.2, -0.15) is 0 Å². The second kappa shape index (κ2) is 9.34. The van der Waals surface area contributed by atoms with Crippen LogP contribution in [0.3, 0.4) is 0 Å². The molecule has 0 bridgehead atoms. The van der Waals surface area contributed by atoms with E-state index in [-0.39, 0.29) is 11.9 Å². The molecule has 0 radical (unpaired) electrons. The molecule has 2 atom stereocenters. The zero-order valence-corrected chi connectivity index (χ0v) is 17.2. The van der Waals surface area contributed by atoms with Crippen LogP contribution in [0.1, 0.15) is 31.3 Å². The number of carbonyl (C=O) groups is 1. The monoisotopic (exact) mass is 395 g/mol. The van der Waals surface area contributed by atoms with E-state index in [2.05, 4.69) is 15.5 Å². The van der Waals surface area contributed by atoms with Crippen LogP contribution in [0, 0.1) is 6.92 Å². The first-order valence-electron chi connectivity index (χ1n) is 9.69. The largest absolute Gasteiger partial charge is 0.497 e. The fourth-order valence-electron chi connectivity index (χ4n) is 3.15. The number of rotatable bonds is 8. The third-order valence-electron chi connectivity index (χ3n) is 4.90. The molecule has 152 valence electrons. The number of amides is 1. The molecule has 0 saturated heterocycles. The summed E-state index contributed by atoms with van der Waals surface area (Å²) in [5.74, 6) is 1.69. The normalized spacial score (nSPS) is 13.0. The minimum absolute atomic E-state index is 0.0720. The number of aromatic nitrogens is 2. The average Bonchev–Trinajstić information content (AvgIpc) is 3.22. The lowest BCUT2D eigenvalue weighted by atomic mass is 10.1. The molecule has 1 aromatic heterocycles. The summed E-state index contributed by atoms with van der Waals surface area (Å²) in [6.45, 7) is 7.09. The first-order chi connectivity index (χ1) is 14.0. The van der Waals surface area contributed by atoms with Crippen LogP contribution in [-0.4, -0.2) is 36.3 Å². The molecule has 0 saturated carbocycles. The van der Waals surface area contributed by atoms with Gasteiger partial charge in [0.2, 0.25) is 5.89 Å². The summed E-state index contributed by atoms with van der Waals surface area (Å²) < 4.78 is 11.0. The zero-order valence-electron chi connectivity index (χ0n) is 17.2. The van der Waals surface area contributed by atoms with Crippen molar-refractivity contribution < 1.29 is 18.8 Å². The van der Waals surface area contributed by atoms with Crippen LogP contribution < -0.4 is 15.0 Å². The van der Waals surface area contributed by atoms with Gasteiger partial charge in [0.15, 0.2) is 12.6 Å². The lowest BCUT2D eigenvalue weighted by Crippen LogP contribution is -3.12. The Morgan fingerprint density at radius 2 is 1.97 bits per heavy atom. The Balaban J connectivity index is 1.65. The first-order valence-corrected chi connectivity index (χ1v) is 9.69. The quantitative estimate of drug-likeness (QED) is 0.613. The molecule has 0 fully saturated rings. The van der Waals surface area contributed by atoms with Crippen LogP contribution in [-0.2, 0) is 4.79 Å². The molecule has 0 aliphatic carbocycles. The molecule has 7 nitrogen and oxygen atoms in total. The summed E-state index contributed by atoms with van der Waals surface area (Å²) in [6.07, 6.45) is 0. The van der Waals surface area contributed by atoms with Crippen LogP contribution >= 0.6 is 0 Å². The maximum Gasteiger partial charge on any atom is 0.279 e. The van der Waals surface area contributed by atoms with Gasteiger partial charge in [0.05, 0.1) is 13.7 Å². The van der Waals surface area contributed by atoms with Crippen molar-refractivity contribution >= 4 is 11.6 Å². The van der Waals surface area contributed by atoms with E-state index >= 15 is 0 Å². The van der Waals surface area contributed by atoms with Crippen LogP contribution in [0.4, 0.5) is 5.69 Å². The van der Waals surface area contributed by atoms with Gasteiger partial charge >= 0.3 is 0 Å². The van der Waals surface area contributed by atoms with Gasteiger partial charge in [-0.1, -0.05) is 17.7 Å². The molecule has 2 aromatic carbocycles. The molecule has 1 amide bonds. The van der Waals surface area contributed by atoms with Gasteiger partial charge < -0.3 is 19.4 Å². The third kappa shape index (κ3) is 5.20. The second-order valence-corrected chi connectivity index (χ2v) is 7.00. The van der Waals surface area contributed by atoms with E-state index in [0.717, 1.165) is 34.0 Å². The standard InChI is InChI=1S/C22H26N4O3/c1-5-26(14-20(27)23-18-9-11-19(28-4)12-10-18)16(3)21-24-25-22(29-21)17-8-6-7-15(2)13-17/h6-13,16H,5,14H2,1-4H3,(H,23,27)/p+1/t16-/m0/s1. The number of anilines is 1. The highest BCUT2D eigenvalue weighted by molar-refractivity contribution is 5.91. The van der Waals surface area contributed by atoms with E-state index in [1.807, 2.05) is 69.3 Å². The second-order valence-electron chi connectivity index (χ2n) is 7.00. The summed E-state index contributed by atoms with van der Waals surface area (Å²) in [5.41, 5.74) is 2.76. The highest BCUT2D eigenvalue weighted by Crippen LogP contribution is 2.20. The number of likely N-dealkylation sites (N-methyl/N-ethyl adjacent to an activating group) is 1. The summed E-state index contributed by atoms with van der Waals surface area (Å²) in [7, 11) is 1.61. The van der Waals surface area contributed by atoms with Crippen molar-refractivity contribution in [3.63, 3.8) is 0 Å². The average molecular weight is 395 g/mol. The highest BCUT2D eigenvalue weighted by atomic mass is 16.5. The van der Waals surface area contributed by atoms with Crippen molar-refractivity contribution in [3.8, 4) is 17.2 Å². The third-order valence-corrected chi connectivity index (χ3v) is 4.90. The van der Waals surface area contributed by atoms with Crippen LogP contribution in [0.2, 0.25) is 0 Å². The highest BCUT2D eigenvalue weighted by Gasteiger charge is 2.26. The number of hydrogen-bond acceptors (Lipinski definition) is 5. The van der Waals surface area contributed by atoms with Crippen LogP contribution in [0.25, 0.3) is 11.5 Å². The minimum Gasteiger partial charge on any atom is -0.497 e. The Bertz CT molecular complexity index is 953. The van der Waals surface area contributed by atoms with Gasteiger partial charge in [0.25, 0.3) is 11.8 Å². The molecule has 29 heavy (non-hydrogen) atoms. The molecule has 7 heteroatoms. The molecule has 0 spiro atoms. The predicted molar refractivity (Wildman–Crippen MR) is 111 cm³/mol. The molecular weight excluding hydrogens is 368 g/mol. The topological polar surface area (TPSA) is 81.7 Å². The number of benzene rings is 2. The number of methoxy groups -OCH3 is 1. The van der Waals surface area contributed by atoms with Crippen molar-refractivity contribution in [2.24, 2.45) is 0 Å². The molecule has 1 unspecified atom stereocenters. The lowest BCUT2D eigenvalue weighted by Gasteiger charge is -2.21. The maximum atomic E-state index is 12.5.